The fourth-order valence-corrected chi connectivity index (χ4v) is 16.9. The molecule has 8 nitrogen and oxygen atoms in total. The van der Waals surface area contributed by atoms with Gasteiger partial charge in [-0.25, -0.2) is 0 Å². The molecule has 14 fully saturated rings. The third kappa shape index (κ3) is 13.0. The molecule has 27 unspecified atom stereocenters. The van der Waals surface area contributed by atoms with Crippen LogP contribution in [-0.4, -0.2) is 101 Å². The van der Waals surface area contributed by atoms with Crippen molar-refractivity contribution >= 4 is 0 Å². The lowest BCUT2D eigenvalue weighted by Crippen LogP contribution is -2.26. The zero-order valence-corrected chi connectivity index (χ0v) is 45.7. The fourth-order valence-electron chi connectivity index (χ4n) is 16.9. The van der Waals surface area contributed by atoms with Crippen molar-refractivity contribution in [3.05, 3.63) is 24.3 Å². The van der Waals surface area contributed by atoms with Crippen LogP contribution < -0.4 is 0 Å². The smallest absolute Gasteiger partial charge is 0.104 e. The van der Waals surface area contributed by atoms with Gasteiger partial charge in [0.05, 0.1) is 88.0 Å². The van der Waals surface area contributed by atoms with Crippen LogP contribution in [0.25, 0.3) is 0 Å². The highest BCUT2D eigenvalue weighted by atomic mass is 16.6. The average molecular weight is 975 g/mol. The molecule has 0 spiro atoms. The third-order valence-corrected chi connectivity index (χ3v) is 21.2. The quantitative estimate of drug-likeness (QED) is 0.109. The zero-order chi connectivity index (χ0) is 48.6. The summed E-state index contributed by atoms with van der Waals surface area (Å²) >= 11 is 0. The molecule has 0 radical (unpaired) electrons. The van der Waals surface area contributed by atoms with Crippen LogP contribution in [0.2, 0.25) is 0 Å². The van der Waals surface area contributed by atoms with Crippen LogP contribution in [0.4, 0.5) is 0 Å². The highest BCUT2D eigenvalue weighted by Crippen LogP contribution is 2.66. The topological polar surface area (TPSA) is 90.3 Å². The third-order valence-electron chi connectivity index (χ3n) is 21.2. The van der Waals surface area contributed by atoms with E-state index in [4.69, 9.17) is 37.9 Å². The normalized spacial score (nSPS) is 50.0. The second-order valence-corrected chi connectivity index (χ2v) is 26.5. The maximum Gasteiger partial charge on any atom is 0.104 e. The second-order valence-electron chi connectivity index (χ2n) is 26.5. The summed E-state index contributed by atoms with van der Waals surface area (Å²) in [6, 6.07) is 0. The first-order valence-corrected chi connectivity index (χ1v) is 30.3. The molecule has 5 saturated heterocycles. The zero-order valence-electron chi connectivity index (χ0n) is 45.7. The van der Waals surface area contributed by atoms with Crippen molar-refractivity contribution in [2.45, 2.75) is 226 Å². The van der Waals surface area contributed by atoms with E-state index < -0.39 is 0 Å². The molecule has 0 amide bonds. The number of allylic oxidation sites excluding steroid dienone is 4. The first-order chi connectivity index (χ1) is 34.0. The summed E-state index contributed by atoms with van der Waals surface area (Å²) in [5.74, 6) is 17.3. The molecule has 0 aromatic heterocycles. The van der Waals surface area contributed by atoms with E-state index in [1.54, 1.807) is 12.8 Å². The Balaban J connectivity index is 0.0000000968. The summed E-state index contributed by atoms with van der Waals surface area (Å²) in [4.78, 5) is 0. The van der Waals surface area contributed by atoms with Gasteiger partial charge in [-0.05, 0) is 210 Å². The Bertz CT molecular complexity index is 1690. The maximum atomic E-state index is 5.70. The predicted octanol–water partition coefficient (Wildman–Crippen LogP) is 12.9. The molecule has 0 aromatic rings. The summed E-state index contributed by atoms with van der Waals surface area (Å²) in [7, 11) is 0. The van der Waals surface area contributed by atoms with E-state index in [0.29, 0.717) is 44.2 Å². The van der Waals surface area contributed by atoms with Crippen LogP contribution in [0.5, 0.6) is 0 Å². The molecule has 8 bridgehead atoms. The molecule has 9 saturated carbocycles. The summed E-state index contributed by atoms with van der Waals surface area (Å²) < 4.78 is 43.3. The molecule has 70 heavy (non-hydrogen) atoms. The van der Waals surface area contributed by atoms with Gasteiger partial charge in [0.15, 0.2) is 0 Å². The van der Waals surface area contributed by atoms with Crippen molar-refractivity contribution in [3.63, 3.8) is 0 Å². The number of epoxide rings is 5. The molecule has 0 N–H and O–H groups in total. The van der Waals surface area contributed by atoms with Gasteiger partial charge < -0.3 is 37.9 Å². The lowest BCUT2D eigenvalue weighted by atomic mass is 9.76. The minimum Gasteiger partial charge on any atom is -0.379 e. The predicted molar refractivity (Wildman–Crippen MR) is 278 cm³/mol. The lowest BCUT2D eigenvalue weighted by molar-refractivity contribution is -0.0655. The number of rotatable bonds is 12. The van der Waals surface area contributed by atoms with Crippen LogP contribution in [0.3, 0.4) is 0 Å². The largest absolute Gasteiger partial charge is 0.379 e. The molecular weight excluding hydrogens is 873 g/mol. The number of fused-ring (bicyclic) bond motifs is 20. The number of ether oxygens (including phenoxy) is 8. The maximum absolute atomic E-state index is 5.70. The monoisotopic (exact) mass is 975 g/mol. The van der Waals surface area contributed by atoms with E-state index in [1.165, 1.54) is 77.0 Å². The molecule has 16 rings (SSSR count). The van der Waals surface area contributed by atoms with Crippen LogP contribution in [0.15, 0.2) is 24.3 Å². The Hall–Kier alpha value is -0.840. The van der Waals surface area contributed by atoms with Crippen molar-refractivity contribution in [3.8, 4) is 0 Å². The Kier molecular flexibility index (Phi) is 17.7. The Morgan fingerprint density at radius 1 is 0.571 bits per heavy atom. The Labute approximate surface area is 426 Å². The van der Waals surface area contributed by atoms with Crippen molar-refractivity contribution in [1.29, 1.82) is 0 Å². The van der Waals surface area contributed by atoms with Gasteiger partial charge in [0.2, 0.25) is 0 Å². The van der Waals surface area contributed by atoms with Crippen LogP contribution in [0.1, 0.15) is 165 Å². The van der Waals surface area contributed by atoms with E-state index >= 15 is 0 Å². The highest BCUT2D eigenvalue weighted by molar-refractivity contribution is 5.15. The van der Waals surface area contributed by atoms with Gasteiger partial charge in [0, 0.05) is 6.61 Å². The molecule has 5 aliphatic heterocycles. The van der Waals surface area contributed by atoms with Crippen molar-refractivity contribution in [1.82, 2.24) is 0 Å². The van der Waals surface area contributed by atoms with Crippen LogP contribution in [0, 0.1) is 101 Å². The van der Waals surface area contributed by atoms with Crippen molar-refractivity contribution in [2.75, 3.05) is 39.6 Å². The number of hydrogen-bond donors (Lipinski definition) is 0. The standard InChI is InChI=1S/C13H26O4.C11H16O.C11H16.C8H12O.C8H12.C7H12O.C4H8O/c1-4-6-14-7-11(3)15-8-12(5-2)16-9-13-10-17-13;1-5-2-6-3-7(5)8-4-9-11(12-9)10(6)8;1-7-5-8-6-11(7)10-4-2-3-9(8)10;1-4-2-5-3-6(4)8-7(5)9-8;1-6-4-7-2-3-8(6)5-7;1-5-2-3-6-7(4-5)8-6;1-2-4-3-5-4/h11-13H,4-10H2,1-3H3;5-11H,2-4H2,1H3;2-3,7-11H,4-6H2,1H3;4-8H,2-3H2,1H3;2-3,6-8H,4-5H2,1H3;5-7H,2-4H2,1H3;4H,2-3H2,1H3. The molecule has 11 aliphatic carbocycles. The first kappa shape index (κ1) is 52.6. The molecule has 8 heteroatoms. The van der Waals surface area contributed by atoms with Crippen molar-refractivity contribution in [2.24, 2.45) is 101 Å². The second kappa shape index (κ2) is 23.6. The summed E-state index contributed by atoms with van der Waals surface area (Å²) in [6.45, 7) is 25.0. The first-order valence-electron chi connectivity index (χ1n) is 30.3. The van der Waals surface area contributed by atoms with Crippen LogP contribution >= 0.6 is 0 Å². The molecule has 0 aromatic carbocycles. The fraction of sp³-hybridized carbons (Fsp3) is 0.935. The van der Waals surface area contributed by atoms with Gasteiger partial charge in [-0.3, -0.25) is 0 Å². The lowest BCUT2D eigenvalue weighted by Gasteiger charge is -2.30. The Morgan fingerprint density at radius 3 is 1.90 bits per heavy atom. The molecule has 5 heterocycles. The molecular formula is C62H102O8. The highest BCUT2D eigenvalue weighted by Gasteiger charge is 2.66. The van der Waals surface area contributed by atoms with E-state index in [1.807, 2.05) is 6.92 Å². The average Bonchev–Trinajstić information content (AvgIpc) is 4.34. The summed E-state index contributed by atoms with van der Waals surface area (Å²) in [6.07, 6.45) is 37.3. The molecule has 16 aliphatic rings. The van der Waals surface area contributed by atoms with Gasteiger partial charge in [0.25, 0.3) is 0 Å². The van der Waals surface area contributed by atoms with Gasteiger partial charge in [-0.2, -0.15) is 0 Å². The number of hydrogen-bond acceptors (Lipinski definition) is 8. The van der Waals surface area contributed by atoms with E-state index in [2.05, 4.69) is 79.7 Å². The summed E-state index contributed by atoms with van der Waals surface area (Å²) in [5, 5.41) is 0. The SMILES string of the molecule is CC1CC2C=CC1C2.CC1CC2CC1C1CC3OC3C21.CC1CC2CC1C1CC=CC21.CC1CC2CC1C1OC21.CC1CCC2OC2C1.CCC1CO1.CCCOCC(C)OCC(CC)OCC1CO1. The van der Waals surface area contributed by atoms with E-state index in [-0.39, 0.29) is 12.2 Å². The molecule has 398 valence electrons. The Morgan fingerprint density at radius 2 is 1.30 bits per heavy atom. The molecule has 27 atom stereocenters. The minimum absolute atomic E-state index is 0.136. The summed E-state index contributed by atoms with van der Waals surface area (Å²) in [5.41, 5.74) is 0. The van der Waals surface area contributed by atoms with Gasteiger partial charge in [0.1, 0.15) is 6.10 Å². The van der Waals surface area contributed by atoms with Crippen LogP contribution in [-0.2, 0) is 37.9 Å². The van der Waals surface area contributed by atoms with Gasteiger partial charge >= 0.3 is 0 Å². The van der Waals surface area contributed by atoms with Crippen molar-refractivity contribution < 1.29 is 37.9 Å². The van der Waals surface area contributed by atoms with E-state index in [0.717, 1.165) is 158 Å². The minimum atomic E-state index is 0.136. The van der Waals surface area contributed by atoms with E-state index in [9.17, 15) is 0 Å². The van der Waals surface area contributed by atoms with Gasteiger partial charge in [-0.15, -0.1) is 0 Å². The van der Waals surface area contributed by atoms with Gasteiger partial charge in [-0.1, -0.05) is 79.7 Å².